The van der Waals surface area contributed by atoms with E-state index in [4.69, 9.17) is 4.74 Å². The van der Waals surface area contributed by atoms with Crippen LogP contribution in [0.3, 0.4) is 0 Å². The zero-order chi connectivity index (χ0) is 12.7. The number of ketones is 1. The van der Waals surface area contributed by atoms with Gasteiger partial charge in [0.1, 0.15) is 0 Å². The van der Waals surface area contributed by atoms with E-state index in [-0.39, 0.29) is 17.6 Å². The van der Waals surface area contributed by atoms with Crippen LogP contribution in [0.1, 0.15) is 22.3 Å². The highest BCUT2D eigenvalue weighted by atomic mass is 79.9. The second-order valence-electron chi connectivity index (χ2n) is 4.64. The monoisotopic (exact) mass is 309 g/mol. The Hall–Kier alpha value is -1.20. The fourth-order valence-electron chi connectivity index (χ4n) is 2.40. The molecule has 3 rings (SSSR count). The largest absolute Gasteiger partial charge is 0.381 e. The van der Waals surface area contributed by atoms with Gasteiger partial charge in [-0.15, -0.1) is 0 Å². The first-order valence-corrected chi connectivity index (χ1v) is 6.68. The molecule has 1 amide bonds. The minimum atomic E-state index is -0.0515. The molecule has 2 heterocycles. The first-order valence-electron chi connectivity index (χ1n) is 5.89. The maximum atomic E-state index is 12.3. The van der Waals surface area contributed by atoms with Crippen molar-refractivity contribution in [2.45, 2.75) is 12.8 Å². The van der Waals surface area contributed by atoms with Crippen LogP contribution in [0.5, 0.6) is 0 Å². The molecular formula is C13H12BrNO3. The third kappa shape index (κ3) is 1.97. The summed E-state index contributed by atoms with van der Waals surface area (Å²) in [7, 11) is 0. The quantitative estimate of drug-likeness (QED) is 0.852. The maximum absolute atomic E-state index is 12.3. The number of nitrogens with one attached hydrogen (secondary N) is 1. The number of benzene rings is 1. The van der Waals surface area contributed by atoms with E-state index in [1.165, 1.54) is 0 Å². The standard InChI is InChI=1S/C13H12BrNO3/c14-10-5-11-8(4-12(16)15-11)3-9(10)13(17)7-1-2-18-6-7/h3,5,7H,1-2,4,6H2,(H,15,16). The summed E-state index contributed by atoms with van der Waals surface area (Å²) in [5.41, 5.74) is 2.34. The molecule has 0 radical (unpaired) electrons. The van der Waals surface area contributed by atoms with Crippen LogP contribution in [0.4, 0.5) is 5.69 Å². The molecular weight excluding hydrogens is 298 g/mol. The van der Waals surface area contributed by atoms with Gasteiger partial charge in [-0.1, -0.05) is 0 Å². The van der Waals surface area contributed by atoms with E-state index in [0.717, 1.165) is 22.1 Å². The SMILES string of the molecule is O=C1Cc2cc(C(=O)C3CCOC3)c(Br)cc2N1. The van der Waals surface area contributed by atoms with Crippen LogP contribution in [-0.2, 0) is 16.0 Å². The van der Waals surface area contributed by atoms with E-state index in [9.17, 15) is 9.59 Å². The Morgan fingerprint density at radius 1 is 1.44 bits per heavy atom. The summed E-state index contributed by atoms with van der Waals surface area (Å²) in [5.74, 6) is 0.0247. The highest BCUT2D eigenvalue weighted by Crippen LogP contribution is 2.32. The topological polar surface area (TPSA) is 55.4 Å². The summed E-state index contributed by atoms with van der Waals surface area (Å²) in [6, 6.07) is 3.63. The van der Waals surface area contributed by atoms with Gasteiger partial charge in [-0.2, -0.15) is 0 Å². The van der Waals surface area contributed by atoms with Gasteiger partial charge >= 0.3 is 0 Å². The number of fused-ring (bicyclic) bond motifs is 1. The van der Waals surface area contributed by atoms with Gasteiger partial charge in [-0.05, 0) is 40.0 Å². The van der Waals surface area contributed by atoms with Crippen molar-refractivity contribution in [1.82, 2.24) is 0 Å². The van der Waals surface area contributed by atoms with Crippen molar-refractivity contribution >= 4 is 33.3 Å². The molecule has 2 aliphatic heterocycles. The molecule has 18 heavy (non-hydrogen) atoms. The number of halogens is 1. The van der Waals surface area contributed by atoms with Gasteiger partial charge in [-0.3, -0.25) is 9.59 Å². The lowest BCUT2D eigenvalue weighted by atomic mass is 9.95. The van der Waals surface area contributed by atoms with Crippen molar-refractivity contribution in [2.75, 3.05) is 18.5 Å². The Morgan fingerprint density at radius 2 is 2.28 bits per heavy atom. The molecule has 1 N–H and O–H groups in total. The summed E-state index contributed by atoms with van der Waals surface area (Å²) in [6.07, 6.45) is 1.13. The van der Waals surface area contributed by atoms with E-state index < -0.39 is 0 Å². The number of amides is 1. The molecule has 0 bridgehead atoms. The molecule has 5 heteroatoms. The van der Waals surface area contributed by atoms with Crippen molar-refractivity contribution in [3.63, 3.8) is 0 Å². The average Bonchev–Trinajstić information content (AvgIpc) is 2.94. The highest BCUT2D eigenvalue weighted by molar-refractivity contribution is 9.10. The van der Waals surface area contributed by atoms with E-state index in [1.54, 1.807) is 0 Å². The molecule has 1 fully saturated rings. The van der Waals surface area contributed by atoms with Gasteiger partial charge in [-0.25, -0.2) is 0 Å². The van der Waals surface area contributed by atoms with E-state index in [0.29, 0.717) is 25.2 Å². The van der Waals surface area contributed by atoms with Crippen LogP contribution >= 0.6 is 15.9 Å². The number of hydrogen-bond donors (Lipinski definition) is 1. The Bertz CT molecular complexity index is 535. The van der Waals surface area contributed by atoms with Crippen molar-refractivity contribution < 1.29 is 14.3 Å². The van der Waals surface area contributed by atoms with Crippen LogP contribution in [0.2, 0.25) is 0 Å². The summed E-state index contributed by atoms with van der Waals surface area (Å²) < 4.78 is 5.98. The number of Topliss-reactive ketones (excluding diaryl/α,β-unsaturated/α-hetero) is 1. The molecule has 1 saturated heterocycles. The number of carbonyl (C=O) groups is 2. The van der Waals surface area contributed by atoms with Crippen LogP contribution in [0.15, 0.2) is 16.6 Å². The maximum Gasteiger partial charge on any atom is 0.228 e. The summed E-state index contributed by atoms with van der Waals surface area (Å²) >= 11 is 3.40. The van der Waals surface area contributed by atoms with Gasteiger partial charge < -0.3 is 10.1 Å². The first-order chi connectivity index (χ1) is 8.65. The van der Waals surface area contributed by atoms with E-state index in [1.807, 2.05) is 12.1 Å². The zero-order valence-electron chi connectivity index (χ0n) is 9.66. The fraction of sp³-hybridized carbons (Fsp3) is 0.385. The van der Waals surface area contributed by atoms with Crippen LogP contribution in [-0.4, -0.2) is 24.9 Å². The molecule has 0 aromatic heterocycles. The molecule has 1 aromatic carbocycles. The normalized spacial score (nSPS) is 21.8. The molecule has 1 atom stereocenters. The fourth-order valence-corrected chi connectivity index (χ4v) is 2.94. The Morgan fingerprint density at radius 3 is 3.00 bits per heavy atom. The Kier molecular flexibility index (Phi) is 2.95. The van der Waals surface area contributed by atoms with Gasteiger partial charge in [0.2, 0.25) is 5.91 Å². The summed E-state index contributed by atoms with van der Waals surface area (Å²) in [4.78, 5) is 23.7. The third-order valence-electron chi connectivity index (χ3n) is 3.38. The molecule has 2 aliphatic rings. The minimum absolute atomic E-state index is 0.0225. The molecule has 94 valence electrons. The van der Waals surface area contributed by atoms with Crippen LogP contribution < -0.4 is 5.32 Å². The molecule has 0 aliphatic carbocycles. The van der Waals surface area contributed by atoms with Gasteiger partial charge in [0.25, 0.3) is 0 Å². The summed E-state index contributed by atoms with van der Waals surface area (Å²) in [6.45, 7) is 1.15. The smallest absolute Gasteiger partial charge is 0.228 e. The zero-order valence-corrected chi connectivity index (χ0v) is 11.2. The summed E-state index contributed by atoms with van der Waals surface area (Å²) in [5, 5.41) is 2.77. The number of rotatable bonds is 2. The highest BCUT2D eigenvalue weighted by Gasteiger charge is 2.28. The number of carbonyl (C=O) groups excluding carboxylic acids is 2. The van der Waals surface area contributed by atoms with Crippen molar-refractivity contribution in [1.29, 1.82) is 0 Å². The number of anilines is 1. The Labute approximate surface area is 113 Å². The van der Waals surface area contributed by atoms with Crippen LogP contribution in [0, 0.1) is 5.92 Å². The molecule has 1 aromatic rings. The number of ether oxygens (including phenoxy) is 1. The predicted octanol–water partition coefficient (Wildman–Crippen LogP) is 2.16. The Balaban J connectivity index is 1.95. The lowest BCUT2D eigenvalue weighted by Gasteiger charge is -2.10. The van der Waals surface area contributed by atoms with E-state index in [2.05, 4.69) is 21.2 Å². The molecule has 0 saturated carbocycles. The third-order valence-corrected chi connectivity index (χ3v) is 4.04. The minimum Gasteiger partial charge on any atom is -0.381 e. The predicted molar refractivity (Wildman–Crippen MR) is 69.7 cm³/mol. The van der Waals surface area contributed by atoms with Gasteiger partial charge in [0.05, 0.1) is 13.0 Å². The van der Waals surface area contributed by atoms with Crippen molar-refractivity contribution in [3.8, 4) is 0 Å². The second kappa shape index (κ2) is 4.48. The van der Waals surface area contributed by atoms with Crippen molar-refractivity contribution in [2.24, 2.45) is 5.92 Å². The average molecular weight is 310 g/mol. The lowest BCUT2D eigenvalue weighted by molar-refractivity contribution is -0.115. The first kappa shape index (κ1) is 11.9. The van der Waals surface area contributed by atoms with Crippen molar-refractivity contribution in [3.05, 3.63) is 27.7 Å². The molecule has 4 nitrogen and oxygen atoms in total. The molecule has 0 spiro atoms. The molecule has 1 unspecified atom stereocenters. The number of hydrogen-bond acceptors (Lipinski definition) is 3. The van der Waals surface area contributed by atoms with E-state index >= 15 is 0 Å². The second-order valence-corrected chi connectivity index (χ2v) is 5.49. The van der Waals surface area contributed by atoms with Crippen LogP contribution in [0.25, 0.3) is 0 Å². The lowest BCUT2D eigenvalue weighted by Crippen LogP contribution is -2.15. The van der Waals surface area contributed by atoms with Gasteiger partial charge in [0, 0.05) is 28.2 Å². The van der Waals surface area contributed by atoms with Gasteiger partial charge in [0.15, 0.2) is 5.78 Å².